The molecule has 1 N–H and O–H groups in total. The molecular weight excluding hydrogens is 292 g/mol. The smallest absolute Gasteiger partial charge is 0.264 e. The summed E-state index contributed by atoms with van der Waals surface area (Å²) in [6.07, 6.45) is 9.48. The molecule has 1 saturated heterocycles. The van der Waals surface area contributed by atoms with Crippen LogP contribution in [0.5, 0.6) is 0 Å². The van der Waals surface area contributed by atoms with Crippen LogP contribution in [0.2, 0.25) is 0 Å². The number of carbonyl (C=O) groups excluding carboxylic acids is 1. The number of rotatable bonds is 4. The summed E-state index contributed by atoms with van der Waals surface area (Å²) in [6, 6.07) is 2.63. The van der Waals surface area contributed by atoms with Crippen molar-refractivity contribution in [2.45, 2.75) is 64.3 Å². The van der Waals surface area contributed by atoms with Crippen molar-refractivity contribution >= 4 is 17.2 Å². The van der Waals surface area contributed by atoms with Crippen molar-refractivity contribution in [1.82, 2.24) is 10.2 Å². The lowest BCUT2D eigenvalue weighted by molar-refractivity contribution is 0.0647. The maximum Gasteiger partial charge on any atom is 0.264 e. The molecule has 3 nitrogen and oxygen atoms in total. The number of nitrogens with one attached hydrogen (secondary N) is 1. The third-order valence-electron chi connectivity index (χ3n) is 4.93. The molecule has 1 aromatic heterocycles. The van der Waals surface area contributed by atoms with Gasteiger partial charge in [0.2, 0.25) is 0 Å². The molecule has 1 aromatic rings. The summed E-state index contributed by atoms with van der Waals surface area (Å²) in [4.78, 5) is 17.7. The molecule has 0 radical (unpaired) electrons. The highest BCUT2D eigenvalue weighted by atomic mass is 32.1. The minimum Gasteiger partial charge on any atom is -0.335 e. The van der Waals surface area contributed by atoms with Crippen LogP contribution in [-0.4, -0.2) is 36.5 Å². The molecule has 0 spiro atoms. The van der Waals surface area contributed by atoms with E-state index in [9.17, 15) is 4.79 Å². The Labute approximate surface area is 138 Å². The highest BCUT2D eigenvalue weighted by molar-refractivity contribution is 7.14. The summed E-state index contributed by atoms with van der Waals surface area (Å²) >= 11 is 1.77. The fourth-order valence-corrected chi connectivity index (χ4v) is 4.93. The summed E-state index contributed by atoms with van der Waals surface area (Å²) in [5.74, 6) is 0.284. The van der Waals surface area contributed by atoms with Crippen molar-refractivity contribution in [2.24, 2.45) is 0 Å². The Hall–Kier alpha value is -0.870. The normalized spacial score (nSPS) is 19.5. The van der Waals surface area contributed by atoms with Crippen LogP contribution in [0.4, 0.5) is 0 Å². The number of fused-ring (bicyclic) bond motifs is 1. The first-order chi connectivity index (χ1) is 10.8. The predicted octanol–water partition coefficient (Wildman–Crippen LogP) is 3.62. The van der Waals surface area contributed by atoms with E-state index in [-0.39, 0.29) is 5.91 Å². The molecule has 22 heavy (non-hydrogen) atoms. The van der Waals surface area contributed by atoms with Crippen molar-refractivity contribution in [2.75, 3.05) is 19.6 Å². The Bertz CT molecular complexity index is 482. The second-order valence-electron chi connectivity index (χ2n) is 6.60. The third-order valence-corrected chi connectivity index (χ3v) is 6.16. The number of amides is 1. The summed E-state index contributed by atoms with van der Waals surface area (Å²) in [6.45, 7) is 5.15. The van der Waals surface area contributed by atoms with Crippen molar-refractivity contribution in [1.29, 1.82) is 0 Å². The Morgan fingerprint density at radius 3 is 2.82 bits per heavy atom. The van der Waals surface area contributed by atoms with Crippen molar-refractivity contribution in [3.63, 3.8) is 0 Å². The molecule has 0 aromatic carbocycles. The molecule has 1 aliphatic carbocycles. The molecule has 1 amide bonds. The molecule has 4 heteroatoms. The maximum atomic E-state index is 13.1. The van der Waals surface area contributed by atoms with Gasteiger partial charge < -0.3 is 10.2 Å². The van der Waals surface area contributed by atoms with E-state index in [0.717, 1.165) is 43.8 Å². The van der Waals surface area contributed by atoms with Crippen LogP contribution in [-0.2, 0) is 12.8 Å². The van der Waals surface area contributed by atoms with E-state index in [1.165, 1.54) is 42.5 Å². The SMILES string of the molecule is CCCN(C(=O)c1cc2c(s1)CCCCC2)C1CCNCC1. The van der Waals surface area contributed by atoms with Gasteiger partial charge in [-0.2, -0.15) is 0 Å². The fraction of sp³-hybridized carbons (Fsp3) is 0.722. The quantitative estimate of drug-likeness (QED) is 0.859. The Morgan fingerprint density at radius 2 is 2.05 bits per heavy atom. The summed E-state index contributed by atoms with van der Waals surface area (Å²) < 4.78 is 0. The van der Waals surface area contributed by atoms with E-state index in [1.807, 2.05) is 0 Å². The Kier molecular flexibility index (Phi) is 5.53. The number of hydrogen-bond acceptors (Lipinski definition) is 3. The van der Waals surface area contributed by atoms with Gasteiger partial charge in [0.05, 0.1) is 4.88 Å². The molecule has 0 unspecified atom stereocenters. The summed E-state index contributed by atoms with van der Waals surface area (Å²) in [5, 5.41) is 3.40. The zero-order chi connectivity index (χ0) is 15.4. The first-order valence-corrected chi connectivity index (χ1v) is 9.74. The van der Waals surface area contributed by atoms with E-state index in [1.54, 1.807) is 11.3 Å². The number of aryl methyl sites for hydroxylation is 2. The van der Waals surface area contributed by atoms with Crippen molar-refractivity contribution in [3.05, 3.63) is 21.4 Å². The second-order valence-corrected chi connectivity index (χ2v) is 7.74. The van der Waals surface area contributed by atoms with Crippen LogP contribution in [0, 0.1) is 0 Å². The maximum absolute atomic E-state index is 13.1. The van der Waals surface area contributed by atoms with E-state index < -0.39 is 0 Å². The molecule has 0 saturated carbocycles. The van der Waals surface area contributed by atoms with Crippen LogP contribution in [0.3, 0.4) is 0 Å². The Balaban J connectivity index is 1.77. The molecule has 1 aliphatic heterocycles. The lowest BCUT2D eigenvalue weighted by Gasteiger charge is -2.34. The van der Waals surface area contributed by atoms with Crippen LogP contribution < -0.4 is 5.32 Å². The van der Waals surface area contributed by atoms with Gasteiger partial charge in [0.1, 0.15) is 0 Å². The first kappa shape index (κ1) is 16.0. The second kappa shape index (κ2) is 7.60. The average Bonchev–Trinajstić information content (AvgIpc) is 2.84. The van der Waals surface area contributed by atoms with Gasteiger partial charge in [0.25, 0.3) is 5.91 Å². The standard InChI is InChI=1S/C18H28N2OS/c1-2-12-20(15-8-10-19-11-9-15)18(21)17-13-14-6-4-3-5-7-16(14)22-17/h13,15,19H,2-12H2,1H3. The van der Waals surface area contributed by atoms with Gasteiger partial charge in [-0.1, -0.05) is 13.3 Å². The number of thiophene rings is 1. The van der Waals surface area contributed by atoms with Crippen LogP contribution in [0.1, 0.15) is 65.6 Å². The molecule has 2 heterocycles. The van der Waals surface area contributed by atoms with Crippen molar-refractivity contribution in [3.8, 4) is 0 Å². The molecule has 2 aliphatic rings. The Morgan fingerprint density at radius 1 is 1.27 bits per heavy atom. The van der Waals surface area contributed by atoms with Gasteiger partial charge in [-0.3, -0.25) is 4.79 Å². The monoisotopic (exact) mass is 320 g/mol. The van der Waals surface area contributed by atoms with Gasteiger partial charge in [0, 0.05) is 17.5 Å². The van der Waals surface area contributed by atoms with Gasteiger partial charge in [-0.15, -0.1) is 11.3 Å². The third kappa shape index (κ3) is 3.54. The van der Waals surface area contributed by atoms with Gasteiger partial charge in [0.15, 0.2) is 0 Å². The van der Waals surface area contributed by atoms with E-state index in [2.05, 4.69) is 23.2 Å². The number of piperidine rings is 1. The molecular formula is C18H28N2OS. The van der Waals surface area contributed by atoms with Crippen LogP contribution in [0.15, 0.2) is 6.07 Å². The zero-order valence-corrected chi connectivity index (χ0v) is 14.5. The topological polar surface area (TPSA) is 32.3 Å². The van der Waals surface area contributed by atoms with Gasteiger partial charge >= 0.3 is 0 Å². The number of hydrogen-bond donors (Lipinski definition) is 1. The van der Waals surface area contributed by atoms with E-state index in [4.69, 9.17) is 0 Å². The molecule has 1 fully saturated rings. The zero-order valence-electron chi connectivity index (χ0n) is 13.7. The van der Waals surface area contributed by atoms with Gasteiger partial charge in [-0.25, -0.2) is 0 Å². The van der Waals surface area contributed by atoms with E-state index in [0.29, 0.717) is 6.04 Å². The lowest BCUT2D eigenvalue weighted by atomic mass is 10.0. The highest BCUT2D eigenvalue weighted by Gasteiger charge is 2.27. The molecule has 3 rings (SSSR count). The van der Waals surface area contributed by atoms with E-state index >= 15 is 0 Å². The number of carbonyl (C=O) groups is 1. The largest absolute Gasteiger partial charge is 0.335 e. The minimum absolute atomic E-state index is 0.284. The minimum atomic E-state index is 0.284. The van der Waals surface area contributed by atoms with Crippen molar-refractivity contribution < 1.29 is 4.79 Å². The first-order valence-electron chi connectivity index (χ1n) is 8.93. The van der Waals surface area contributed by atoms with Gasteiger partial charge in [-0.05, 0) is 69.7 Å². The predicted molar refractivity (Wildman–Crippen MR) is 92.8 cm³/mol. The van der Waals surface area contributed by atoms with Crippen LogP contribution >= 0.6 is 11.3 Å². The molecule has 0 bridgehead atoms. The summed E-state index contributed by atoms with van der Waals surface area (Å²) in [5.41, 5.74) is 1.45. The highest BCUT2D eigenvalue weighted by Crippen LogP contribution is 2.30. The lowest BCUT2D eigenvalue weighted by Crippen LogP contribution is -2.46. The molecule has 122 valence electrons. The van der Waals surface area contributed by atoms with Crippen LogP contribution in [0.25, 0.3) is 0 Å². The number of nitrogens with zero attached hydrogens (tertiary/aromatic N) is 1. The average molecular weight is 321 g/mol. The summed E-state index contributed by atoms with van der Waals surface area (Å²) in [7, 11) is 0. The fourth-order valence-electron chi connectivity index (χ4n) is 3.72. The molecule has 0 atom stereocenters.